The predicted molar refractivity (Wildman–Crippen MR) is 110 cm³/mol. The minimum absolute atomic E-state index is 0.0207. The van der Waals surface area contributed by atoms with E-state index in [1.54, 1.807) is 0 Å². The highest BCUT2D eigenvalue weighted by Gasteiger charge is 2.26. The van der Waals surface area contributed by atoms with Gasteiger partial charge in [0.25, 0.3) is 5.69 Å². The van der Waals surface area contributed by atoms with E-state index in [2.05, 4.69) is 14.6 Å². The first-order chi connectivity index (χ1) is 14.3. The summed E-state index contributed by atoms with van der Waals surface area (Å²) >= 11 is 6.00. The SMILES string of the molecule is O=C(/C(N=Nc1ccc([N+](=O)[O-])cc1[N+](=O)[O-])=C1\SSN=C1Cl)c1ccc(F)cc1. The number of nitro groups is 2. The number of halogens is 2. The first-order valence-electron chi connectivity index (χ1n) is 7.74. The topological polar surface area (TPSA) is 140 Å². The summed E-state index contributed by atoms with van der Waals surface area (Å²) in [7, 11) is 2.01. The van der Waals surface area contributed by atoms with E-state index >= 15 is 0 Å². The van der Waals surface area contributed by atoms with Crippen molar-refractivity contribution in [3.63, 3.8) is 0 Å². The molecule has 1 heterocycles. The van der Waals surface area contributed by atoms with Gasteiger partial charge in [-0.2, -0.15) is 4.40 Å². The number of benzene rings is 2. The molecule has 2 aromatic rings. The Bertz CT molecular complexity index is 1150. The van der Waals surface area contributed by atoms with Crippen LogP contribution in [-0.2, 0) is 0 Å². The molecule has 3 rings (SSSR count). The van der Waals surface area contributed by atoms with Crippen LogP contribution in [0.25, 0.3) is 0 Å². The molecule has 152 valence electrons. The third-order valence-electron chi connectivity index (χ3n) is 3.59. The maximum Gasteiger partial charge on any atom is 0.303 e. The van der Waals surface area contributed by atoms with Gasteiger partial charge < -0.3 is 0 Å². The quantitative estimate of drug-likeness (QED) is 0.0998. The molecule has 0 fully saturated rings. The van der Waals surface area contributed by atoms with E-state index in [0.29, 0.717) is 0 Å². The van der Waals surface area contributed by atoms with E-state index in [-0.39, 0.29) is 27.0 Å². The van der Waals surface area contributed by atoms with Crippen LogP contribution in [0.2, 0.25) is 0 Å². The van der Waals surface area contributed by atoms with Gasteiger partial charge in [-0.25, -0.2) is 4.39 Å². The van der Waals surface area contributed by atoms with Crippen molar-refractivity contribution in [1.29, 1.82) is 0 Å². The Balaban J connectivity index is 2.07. The van der Waals surface area contributed by atoms with E-state index in [1.807, 2.05) is 0 Å². The smallest absolute Gasteiger partial charge is 0.287 e. The summed E-state index contributed by atoms with van der Waals surface area (Å²) in [6.45, 7) is 0. The fourth-order valence-electron chi connectivity index (χ4n) is 2.19. The van der Waals surface area contributed by atoms with Gasteiger partial charge in [-0.15, -0.1) is 10.2 Å². The molecule has 0 saturated carbocycles. The Morgan fingerprint density at radius 1 is 1.10 bits per heavy atom. The Labute approximate surface area is 179 Å². The average Bonchev–Trinajstić information content (AvgIpc) is 3.14. The molecule has 10 nitrogen and oxygen atoms in total. The summed E-state index contributed by atoms with van der Waals surface area (Å²) in [6, 6.07) is 7.43. The minimum Gasteiger partial charge on any atom is -0.287 e. The lowest BCUT2D eigenvalue weighted by Crippen LogP contribution is -2.05. The number of nitro benzene ring substituents is 2. The zero-order valence-corrected chi connectivity index (χ0v) is 16.8. The van der Waals surface area contributed by atoms with E-state index in [0.717, 1.165) is 52.1 Å². The van der Waals surface area contributed by atoms with Crippen molar-refractivity contribution in [3.05, 3.63) is 84.7 Å². The summed E-state index contributed by atoms with van der Waals surface area (Å²) in [5.41, 5.74) is -1.66. The van der Waals surface area contributed by atoms with E-state index in [9.17, 15) is 29.4 Å². The summed E-state index contributed by atoms with van der Waals surface area (Å²) in [6.07, 6.45) is 0. The van der Waals surface area contributed by atoms with Crippen LogP contribution in [-0.4, -0.2) is 20.8 Å². The summed E-state index contributed by atoms with van der Waals surface area (Å²) in [4.78, 5) is 33.5. The maximum absolute atomic E-state index is 13.2. The number of ketones is 1. The van der Waals surface area contributed by atoms with Crippen molar-refractivity contribution >= 4 is 61.4 Å². The van der Waals surface area contributed by atoms with Crippen LogP contribution < -0.4 is 0 Å². The Morgan fingerprint density at radius 2 is 1.80 bits per heavy atom. The maximum atomic E-state index is 13.2. The molecule has 30 heavy (non-hydrogen) atoms. The Hall–Kier alpha value is -3.16. The monoisotopic (exact) mass is 467 g/mol. The lowest BCUT2D eigenvalue weighted by Gasteiger charge is -2.04. The largest absolute Gasteiger partial charge is 0.303 e. The second-order valence-electron chi connectivity index (χ2n) is 5.44. The highest BCUT2D eigenvalue weighted by atomic mass is 35.5. The van der Waals surface area contributed by atoms with Crippen molar-refractivity contribution in [2.24, 2.45) is 14.6 Å². The highest BCUT2D eigenvalue weighted by molar-refractivity contribution is 8.78. The predicted octanol–water partition coefficient (Wildman–Crippen LogP) is 5.77. The molecular formula is C16H7ClFN5O5S2. The third-order valence-corrected chi connectivity index (χ3v) is 5.90. The molecule has 0 N–H and O–H groups in total. The fourth-order valence-corrected chi connectivity index (χ4v) is 4.45. The molecule has 1 aliphatic rings. The molecule has 0 unspecified atom stereocenters. The van der Waals surface area contributed by atoms with Gasteiger partial charge in [0.1, 0.15) is 5.82 Å². The van der Waals surface area contributed by atoms with Crippen LogP contribution >= 0.6 is 33.4 Å². The molecule has 1 aliphatic heterocycles. The van der Waals surface area contributed by atoms with Crippen molar-refractivity contribution < 1.29 is 19.0 Å². The second kappa shape index (κ2) is 9.11. The third kappa shape index (κ3) is 4.69. The fraction of sp³-hybridized carbons (Fsp3) is 0. The van der Waals surface area contributed by atoms with Gasteiger partial charge in [0.2, 0.25) is 5.78 Å². The van der Waals surface area contributed by atoms with Crippen molar-refractivity contribution in [2.45, 2.75) is 0 Å². The standard InChI is InChI=1S/C16H7ClFN5O5S2/c17-16-15(29-30-21-16)13(14(24)8-1-3-9(18)4-2-8)20-19-11-6-5-10(22(25)26)7-12(11)23(27)28/h1-7H/b15-13+,20-19?. The number of non-ortho nitro benzene ring substituents is 1. The molecule has 14 heteroatoms. The van der Waals surface area contributed by atoms with Crippen LogP contribution in [0, 0.1) is 26.0 Å². The molecule has 0 aliphatic carbocycles. The van der Waals surface area contributed by atoms with E-state index < -0.39 is 32.8 Å². The number of hydrogen-bond donors (Lipinski definition) is 0. The zero-order chi connectivity index (χ0) is 21.8. The van der Waals surface area contributed by atoms with Crippen LogP contribution in [0.1, 0.15) is 10.4 Å². The first-order valence-corrected chi connectivity index (χ1v) is 10.2. The van der Waals surface area contributed by atoms with Gasteiger partial charge >= 0.3 is 5.69 Å². The Kier molecular flexibility index (Phi) is 6.54. The van der Waals surface area contributed by atoms with Gasteiger partial charge in [-0.3, -0.25) is 25.0 Å². The van der Waals surface area contributed by atoms with Gasteiger partial charge in [0.05, 0.1) is 31.8 Å². The van der Waals surface area contributed by atoms with Gasteiger partial charge in [0, 0.05) is 11.6 Å². The molecule has 0 spiro atoms. The molecule has 2 aromatic carbocycles. The van der Waals surface area contributed by atoms with Crippen LogP contribution in [0.15, 0.2) is 67.7 Å². The van der Waals surface area contributed by atoms with Crippen LogP contribution in [0.4, 0.5) is 21.5 Å². The summed E-state index contributed by atoms with van der Waals surface area (Å²) < 4.78 is 17.0. The van der Waals surface area contributed by atoms with Crippen LogP contribution in [0.5, 0.6) is 0 Å². The lowest BCUT2D eigenvalue weighted by molar-refractivity contribution is -0.393. The van der Waals surface area contributed by atoms with Gasteiger partial charge in [-0.1, -0.05) is 11.6 Å². The molecule has 0 amide bonds. The zero-order valence-electron chi connectivity index (χ0n) is 14.4. The molecule has 0 radical (unpaired) electrons. The number of hydrogen-bond acceptors (Lipinski definition) is 10. The van der Waals surface area contributed by atoms with E-state index in [4.69, 9.17) is 11.6 Å². The molecule has 0 atom stereocenters. The number of azo groups is 1. The number of rotatable bonds is 6. The molecule has 0 bridgehead atoms. The number of allylic oxidation sites excluding steroid dienone is 2. The first kappa shape index (κ1) is 21.5. The summed E-state index contributed by atoms with van der Waals surface area (Å²) in [5.74, 6) is -1.21. The normalized spacial score (nSPS) is 15.2. The average molecular weight is 468 g/mol. The number of Topliss-reactive ketones (excluding diaryl/α,β-unsaturated/α-hetero) is 1. The molecule has 0 aromatic heterocycles. The van der Waals surface area contributed by atoms with Crippen LogP contribution in [0.3, 0.4) is 0 Å². The minimum atomic E-state index is -0.857. The summed E-state index contributed by atoms with van der Waals surface area (Å²) in [5, 5.41) is 29.7. The van der Waals surface area contributed by atoms with Crippen molar-refractivity contribution in [1.82, 2.24) is 0 Å². The number of carbonyl (C=O) groups excluding carboxylic acids is 1. The number of nitrogens with zero attached hydrogens (tertiary/aromatic N) is 5. The Morgan fingerprint density at radius 3 is 2.37 bits per heavy atom. The van der Waals surface area contributed by atoms with Gasteiger partial charge in [0.15, 0.2) is 16.6 Å². The molecular weight excluding hydrogens is 461 g/mol. The number of carbonyl (C=O) groups is 1. The molecule has 0 saturated heterocycles. The van der Waals surface area contributed by atoms with Gasteiger partial charge in [-0.05, 0) is 41.1 Å². The van der Waals surface area contributed by atoms with E-state index in [1.165, 1.54) is 12.1 Å². The van der Waals surface area contributed by atoms with Crippen molar-refractivity contribution in [2.75, 3.05) is 0 Å². The highest BCUT2D eigenvalue weighted by Crippen LogP contribution is 2.43. The lowest BCUT2D eigenvalue weighted by atomic mass is 10.1. The van der Waals surface area contributed by atoms with Crippen molar-refractivity contribution in [3.8, 4) is 0 Å². The second-order valence-corrected chi connectivity index (χ2v) is 7.65.